The number of unbranched alkanes of at least 4 members (excludes halogenated alkanes) is 1. The third-order valence-electron chi connectivity index (χ3n) is 4.99. The molecule has 1 heteroatoms. The zero-order valence-electron chi connectivity index (χ0n) is 23.7. The highest BCUT2D eigenvalue weighted by Crippen LogP contribution is 2.19. The van der Waals surface area contributed by atoms with E-state index in [0.717, 1.165) is 12.8 Å². The Hall–Kier alpha value is -2.41. The molecule has 0 spiro atoms. The van der Waals surface area contributed by atoms with Crippen LogP contribution in [0.4, 0.5) is 0 Å². The minimum atomic E-state index is 0.217. The summed E-state index contributed by atoms with van der Waals surface area (Å²) in [5, 5.41) is 0. The monoisotopic (exact) mass is 466 g/mol. The Morgan fingerprint density at radius 2 is 1.24 bits per heavy atom. The van der Waals surface area contributed by atoms with Gasteiger partial charge in [-0.15, -0.1) is 19.7 Å². The molecular formula is C33H54O. The molecule has 0 aliphatic rings. The summed E-state index contributed by atoms with van der Waals surface area (Å²) in [7, 11) is 0. The first-order valence-corrected chi connectivity index (χ1v) is 13.0. The van der Waals surface area contributed by atoms with Gasteiger partial charge in [-0.05, 0) is 36.0 Å². The largest absolute Gasteiger partial charge is 0.299 e. The van der Waals surface area contributed by atoms with Crippen molar-refractivity contribution < 1.29 is 4.79 Å². The summed E-state index contributed by atoms with van der Waals surface area (Å²) < 4.78 is 0. The summed E-state index contributed by atoms with van der Waals surface area (Å²) in [4.78, 5) is 11.1. The van der Waals surface area contributed by atoms with Crippen molar-refractivity contribution in [3.8, 4) is 11.1 Å². The van der Waals surface area contributed by atoms with Crippen LogP contribution >= 0.6 is 0 Å². The van der Waals surface area contributed by atoms with E-state index in [1.54, 1.807) is 6.08 Å². The Kier molecular flexibility index (Phi) is 28.5. The fourth-order valence-corrected chi connectivity index (χ4v) is 2.51. The molecule has 0 heterocycles. The quantitative estimate of drug-likeness (QED) is 0.353. The lowest BCUT2D eigenvalue weighted by atomic mass is 9.96. The molecule has 0 N–H and O–H groups in total. The third-order valence-corrected chi connectivity index (χ3v) is 4.99. The highest BCUT2D eigenvalue weighted by Gasteiger charge is 2.10. The average Bonchev–Trinajstić information content (AvgIpc) is 2.87. The molecular weight excluding hydrogens is 412 g/mol. The molecule has 34 heavy (non-hydrogen) atoms. The lowest BCUT2D eigenvalue weighted by Crippen LogP contribution is -2.10. The molecule has 0 amide bonds. The zero-order chi connectivity index (χ0) is 26.8. The SMILES string of the molecule is C=C.C=CC.CCC(C)CC(=O)C(C)C.CCCC.CCCc1ccc(-c2ccccc2)cc1. The zero-order valence-corrected chi connectivity index (χ0v) is 23.7. The number of carbonyl (C=O) groups excluding carboxylic acids is 1. The molecule has 1 atom stereocenters. The maximum absolute atomic E-state index is 11.1. The highest BCUT2D eigenvalue weighted by atomic mass is 16.1. The maximum Gasteiger partial charge on any atom is 0.135 e. The third kappa shape index (κ3) is 21.4. The molecule has 0 radical (unpaired) electrons. The maximum atomic E-state index is 11.1. The van der Waals surface area contributed by atoms with Crippen LogP contribution in [0.15, 0.2) is 80.4 Å². The molecule has 0 aromatic heterocycles. The van der Waals surface area contributed by atoms with Gasteiger partial charge in [0.15, 0.2) is 0 Å². The second-order valence-electron chi connectivity index (χ2n) is 8.56. The molecule has 1 nitrogen and oxygen atoms in total. The first-order valence-electron chi connectivity index (χ1n) is 13.0. The molecule has 0 fully saturated rings. The molecule has 2 aromatic rings. The van der Waals surface area contributed by atoms with Crippen LogP contribution in [0.5, 0.6) is 0 Å². The van der Waals surface area contributed by atoms with Gasteiger partial charge in [0, 0.05) is 12.3 Å². The summed E-state index contributed by atoms with van der Waals surface area (Å²) >= 11 is 0. The predicted octanol–water partition coefficient (Wildman–Crippen LogP) is 10.8. The van der Waals surface area contributed by atoms with Crippen LogP contribution in [0.25, 0.3) is 11.1 Å². The summed E-state index contributed by atoms with van der Waals surface area (Å²) in [5.41, 5.74) is 4.02. The van der Waals surface area contributed by atoms with Gasteiger partial charge >= 0.3 is 0 Å². The van der Waals surface area contributed by atoms with Crippen LogP contribution in [0, 0.1) is 11.8 Å². The minimum absolute atomic E-state index is 0.217. The second-order valence-corrected chi connectivity index (χ2v) is 8.56. The van der Waals surface area contributed by atoms with Gasteiger partial charge in [-0.1, -0.05) is 135 Å². The number of allylic oxidation sites excluding steroid dienone is 1. The van der Waals surface area contributed by atoms with E-state index >= 15 is 0 Å². The van der Waals surface area contributed by atoms with Crippen molar-refractivity contribution in [1.82, 2.24) is 0 Å². The van der Waals surface area contributed by atoms with Gasteiger partial charge in [0.05, 0.1) is 0 Å². The number of Topliss-reactive ketones (excluding diaryl/α,β-unsaturated/α-hetero) is 1. The summed E-state index contributed by atoms with van der Waals surface area (Å²) in [6, 6.07) is 19.4. The second kappa shape index (κ2) is 26.8. The van der Waals surface area contributed by atoms with Gasteiger partial charge in [-0.2, -0.15) is 0 Å². The number of carbonyl (C=O) groups is 1. The summed E-state index contributed by atoms with van der Waals surface area (Å²) in [5.74, 6) is 1.18. The standard InChI is InChI=1S/C15H16.C9H18O.C4H10.C3H6.C2H4/c1-2-6-13-9-11-15(12-10-13)14-7-4-3-5-8-14;1-5-8(4)6-9(10)7(2)3;1-3-4-2;1-3-2;1-2/h3-5,7-12H,2,6H2,1H3;7-8H,5-6H2,1-4H3;3-4H2,1-2H3;3H,1H2,2H3;1-2H2. The van der Waals surface area contributed by atoms with Gasteiger partial charge in [0.25, 0.3) is 0 Å². The van der Waals surface area contributed by atoms with E-state index in [2.05, 4.69) is 109 Å². The molecule has 0 saturated heterocycles. The molecule has 192 valence electrons. The number of benzene rings is 2. The number of hydrogen-bond donors (Lipinski definition) is 0. The van der Waals surface area contributed by atoms with Crippen molar-refractivity contribution in [2.45, 2.75) is 93.9 Å². The minimum Gasteiger partial charge on any atom is -0.299 e. The molecule has 0 aliphatic heterocycles. The number of ketones is 1. The topological polar surface area (TPSA) is 17.1 Å². The van der Waals surface area contributed by atoms with Gasteiger partial charge in [0.1, 0.15) is 5.78 Å². The number of rotatable bonds is 8. The Labute approximate surface area is 213 Å². The van der Waals surface area contributed by atoms with Crippen molar-refractivity contribution in [2.24, 2.45) is 11.8 Å². The van der Waals surface area contributed by atoms with Crippen LogP contribution in [0.2, 0.25) is 0 Å². The fraction of sp³-hybridized carbons (Fsp3) is 0.485. The Morgan fingerprint density at radius 1 is 0.794 bits per heavy atom. The number of aryl methyl sites for hydroxylation is 1. The van der Waals surface area contributed by atoms with Gasteiger partial charge < -0.3 is 0 Å². The Morgan fingerprint density at radius 3 is 1.59 bits per heavy atom. The first kappa shape index (κ1) is 36.2. The molecule has 0 saturated carbocycles. The molecule has 2 aromatic carbocycles. The van der Waals surface area contributed by atoms with Gasteiger partial charge in [-0.3, -0.25) is 4.79 Å². The van der Waals surface area contributed by atoms with Crippen LogP contribution in [0.3, 0.4) is 0 Å². The smallest absolute Gasteiger partial charge is 0.135 e. The Bertz CT molecular complexity index is 680. The van der Waals surface area contributed by atoms with Crippen LogP contribution < -0.4 is 0 Å². The van der Waals surface area contributed by atoms with Crippen molar-refractivity contribution in [1.29, 1.82) is 0 Å². The molecule has 0 bridgehead atoms. The first-order chi connectivity index (χ1) is 16.3. The van der Waals surface area contributed by atoms with Crippen molar-refractivity contribution >= 4 is 5.78 Å². The van der Waals surface area contributed by atoms with E-state index in [-0.39, 0.29) is 5.92 Å². The van der Waals surface area contributed by atoms with Gasteiger partial charge in [-0.25, -0.2) is 0 Å². The van der Waals surface area contributed by atoms with Crippen molar-refractivity contribution in [2.75, 3.05) is 0 Å². The van der Waals surface area contributed by atoms with E-state index < -0.39 is 0 Å². The average molecular weight is 467 g/mol. The highest BCUT2D eigenvalue weighted by molar-refractivity contribution is 5.80. The van der Waals surface area contributed by atoms with Crippen LogP contribution in [-0.2, 0) is 11.2 Å². The summed E-state index contributed by atoms with van der Waals surface area (Å²) in [6.45, 7) is 26.0. The normalized spacial score (nSPS) is 9.91. The number of hydrogen-bond acceptors (Lipinski definition) is 1. The van der Waals surface area contributed by atoms with E-state index in [0.29, 0.717) is 11.7 Å². The van der Waals surface area contributed by atoms with E-state index in [4.69, 9.17) is 0 Å². The van der Waals surface area contributed by atoms with Crippen molar-refractivity contribution in [3.05, 3.63) is 86.0 Å². The lowest BCUT2D eigenvalue weighted by Gasteiger charge is -2.08. The van der Waals surface area contributed by atoms with Crippen LogP contribution in [0.1, 0.15) is 93.1 Å². The van der Waals surface area contributed by atoms with E-state index in [1.807, 2.05) is 20.8 Å². The van der Waals surface area contributed by atoms with E-state index in [1.165, 1.54) is 42.4 Å². The molecule has 1 unspecified atom stereocenters. The lowest BCUT2D eigenvalue weighted by molar-refractivity contribution is -0.122. The molecule has 0 aliphatic carbocycles. The fourth-order valence-electron chi connectivity index (χ4n) is 2.51. The summed E-state index contributed by atoms with van der Waals surface area (Å²) in [6.07, 6.45) is 8.65. The Balaban J connectivity index is -0.000000438. The molecule has 2 rings (SSSR count). The predicted molar refractivity (Wildman–Crippen MR) is 157 cm³/mol. The van der Waals surface area contributed by atoms with E-state index in [9.17, 15) is 4.79 Å². The van der Waals surface area contributed by atoms with Crippen molar-refractivity contribution in [3.63, 3.8) is 0 Å². The van der Waals surface area contributed by atoms with Gasteiger partial charge in [0.2, 0.25) is 0 Å². The van der Waals surface area contributed by atoms with Crippen LogP contribution in [-0.4, -0.2) is 5.78 Å².